The lowest BCUT2D eigenvalue weighted by molar-refractivity contribution is -0.142. The lowest BCUT2D eigenvalue weighted by atomic mass is 10.4. The molecule has 0 bridgehead atoms. The highest BCUT2D eigenvalue weighted by Crippen LogP contribution is 1.99. The summed E-state index contributed by atoms with van der Waals surface area (Å²) in [5, 5.41) is 7.29. The molecule has 0 aliphatic carbocycles. The van der Waals surface area contributed by atoms with Gasteiger partial charge in [-0.2, -0.15) is 0 Å². The molecule has 7 nitrogen and oxygen atoms in total. The Morgan fingerprint density at radius 2 is 2.06 bits per heavy atom. The maximum absolute atomic E-state index is 11.5. The number of hydrogen-bond donors (Lipinski definition) is 0. The second-order valence-corrected chi connectivity index (χ2v) is 2.91. The van der Waals surface area contributed by atoms with E-state index in [1.165, 1.54) is 17.8 Å². The van der Waals surface area contributed by atoms with E-state index in [0.29, 0.717) is 6.54 Å². The summed E-state index contributed by atoms with van der Waals surface area (Å²) in [4.78, 5) is 21.9. The molecule has 0 saturated heterocycles. The van der Waals surface area contributed by atoms with Gasteiger partial charge >= 0.3 is 11.9 Å². The number of ether oxygens (including phenoxy) is 2. The van der Waals surface area contributed by atoms with Gasteiger partial charge in [-0.15, -0.1) is 5.10 Å². The number of aromatic nitrogens is 3. The SMILES string of the molecule is CCn1nncc1C(=O)OCCOC(C)=O. The summed E-state index contributed by atoms with van der Waals surface area (Å²) in [6.07, 6.45) is 1.33. The molecule has 0 aliphatic heterocycles. The van der Waals surface area contributed by atoms with Crippen molar-refractivity contribution in [3.8, 4) is 0 Å². The van der Waals surface area contributed by atoms with Crippen LogP contribution in [0.5, 0.6) is 0 Å². The number of nitrogens with zero attached hydrogens (tertiary/aromatic N) is 3. The molecule has 16 heavy (non-hydrogen) atoms. The van der Waals surface area contributed by atoms with Gasteiger partial charge < -0.3 is 9.47 Å². The standard InChI is InChI=1S/C9H13N3O4/c1-3-12-8(6-10-11-12)9(14)16-5-4-15-7(2)13/h6H,3-5H2,1-2H3. The van der Waals surface area contributed by atoms with Crippen LogP contribution in [-0.2, 0) is 20.8 Å². The summed E-state index contributed by atoms with van der Waals surface area (Å²) < 4.78 is 10.9. The van der Waals surface area contributed by atoms with Crippen LogP contribution >= 0.6 is 0 Å². The van der Waals surface area contributed by atoms with Crippen molar-refractivity contribution in [3.05, 3.63) is 11.9 Å². The number of esters is 2. The number of carbonyl (C=O) groups is 2. The zero-order valence-electron chi connectivity index (χ0n) is 9.17. The van der Waals surface area contributed by atoms with Crippen LogP contribution in [0.3, 0.4) is 0 Å². The van der Waals surface area contributed by atoms with Crippen LogP contribution in [0.4, 0.5) is 0 Å². The van der Waals surface area contributed by atoms with Crippen LogP contribution in [0.15, 0.2) is 6.20 Å². The van der Waals surface area contributed by atoms with E-state index in [4.69, 9.17) is 4.74 Å². The third kappa shape index (κ3) is 3.34. The Bertz CT molecular complexity index is 375. The zero-order valence-corrected chi connectivity index (χ0v) is 9.17. The minimum Gasteiger partial charge on any atom is -0.462 e. The Kier molecular flexibility index (Phi) is 4.43. The van der Waals surface area contributed by atoms with E-state index >= 15 is 0 Å². The first-order valence-electron chi connectivity index (χ1n) is 4.84. The van der Waals surface area contributed by atoms with E-state index < -0.39 is 11.9 Å². The molecule has 88 valence electrons. The van der Waals surface area contributed by atoms with Crippen molar-refractivity contribution >= 4 is 11.9 Å². The summed E-state index contributed by atoms with van der Waals surface area (Å²) in [6, 6.07) is 0. The van der Waals surface area contributed by atoms with Gasteiger partial charge in [-0.25, -0.2) is 9.48 Å². The maximum Gasteiger partial charge on any atom is 0.358 e. The molecule has 0 aliphatic rings. The van der Waals surface area contributed by atoms with Gasteiger partial charge in [-0.1, -0.05) is 5.21 Å². The fourth-order valence-electron chi connectivity index (χ4n) is 1.04. The molecule has 0 amide bonds. The monoisotopic (exact) mass is 227 g/mol. The molecule has 0 N–H and O–H groups in total. The van der Waals surface area contributed by atoms with E-state index in [9.17, 15) is 9.59 Å². The van der Waals surface area contributed by atoms with Crippen LogP contribution in [0.2, 0.25) is 0 Å². The summed E-state index contributed by atoms with van der Waals surface area (Å²) in [7, 11) is 0. The van der Waals surface area contributed by atoms with Crippen molar-refractivity contribution in [1.82, 2.24) is 15.0 Å². The van der Waals surface area contributed by atoms with Crippen molar-refractivity contribution in [2.45, 2.75) is 20.4 Å². The van der Waals surface area contributed by atoms with Crippen LogP contribution in [0.1, 0.15) is 24.3 Å². The molecule has 7 heteroatoms. The predicted octanol–water partition coefficient (Wildman–Crippen LogP) is 0.0179. The van der Waals surface area contributed by atoms with E-state index in [1.54, 1.807) is 0 Å². The second kappa shape index (κ2) is 5.84. The molecule has 0 saturated carbocycles. The van der Waals surface area contributed by atoms with Gasteiger partial charge in [0.25, 0.3) is 0 Å². The molecule has 0 spiro atoms. The average Bonchev–Trinajstić information content (AvgIpc) is 2.71. The number of hydrogen-bond acceptors (Lipinski definition) is 6. The summed E-state index contributed by atoms with van der Waals surface area (Å²) in [5.41, 5.74) is 0.283. The molecule has 1 rings (SSSR count). The summed E-state index contributed by atoms with van der Waals surface area (Å²) in [6.45, 7) is 3.73. The van der Waals surface area contributed by atoms with Crippen molar-refractivity contribution in [2.75, 3.05) is 13.2 Å². The van der Waals surface area contributed by atoms with Gasteiger partial charge in [0.05, 0.1) is 6.20 Å². The Morgan fingerprint density at radius 3 is 2.69 bits per heavy atom. The first kappa shape index (κ1) is 12.2. The van der Waals surface area contributed by atoms with Gasteiger partial charge in [0, 0.05) is 13.5 Å². The highest BCUT2D eigenvalue weighted by molar-refractivity contribution is 5.87. The summed E-state index contributed by atoms with van der Waals surface area (Å²) in [5.74, 6) is -0.935. The molecular formula is C9H13N3O4. The van der Waals surface area contributed by atoms with E-state index in [0.717, 1.165) is 0 Å². The molecular weight excluding hydrogens is 214 g/mol. The minimum atomic E-state index is -0.529. The third-order valence-corrected chi connectivity index (χ3v) is 1.75. The first-order chi connectivity index (χ1) is 7.65. The molecule has 1 aromatic heterocycles. The van der Waals surface area contributed by atoms with Gasteiger partial charge in [0.15, 0.2) is 5.69 Å². The van der Waals surface area contributed by atoms with Crippen molar-refractivity contribution in [1.29, 1.82) is 0 Å². The van der Waals surface area contributed by atoms with E-state index in [2.05, 4.69) is 15.0 Å². The molecule has 1 aromatic rings. The average molecular weight is 227 g/mol. The second-order valence-electron chi connectivity index (χ2n) is 2.91. The van der Waals surface area contributed by atoms with E-state index in [-0.39, 0.29) is 18.9 Å². The largest absolute Gasteiger partial charge is 0.462 e. The van der Waals surface area contributed by atoms with Crippen LogP contribution < -0.4 is 0 Å². The molecule has 0 radical (unpaired) electrons. The third-order valence-electron chi connectivity index (χ3n) is 1.75. The number of carbonyl (C=O) groups excluding carboxylic acids is 2. The fraction of sp³-hybridized carbons (Fsp3) is 0.556. The lowest BCUT2D eigenvalue weighted by Crippen LogP contribution is -2.16. The lowest BCUT2D eigenvalue weighted by Gasteiger charge is -2.05. The first-order valence-corrected chi connectivity index (χ1v) is 4.84. The van der Waals surface area contributed by atoms with Crippen molar-refractivity contribution in [2.24, 2.45) is 0 Å². The van der Waals surface area contributed by atoms with Crippen molar-refractivity contribution in [3.63, 3.8) is 0 Å². The normalized spacial score (nSPS) is 9.88. The van der Waals surface area contributed by atoms with Crippen molar-refractivity contribution < 1.29 is 19.1 Å². The molecule has 1 heterocycles. The molecule has 0 unspecified atom stereocenters. The predicted molar refractivity (Wildman–Crippen MR) is 52.6 cm³/mol. The van der Waals surface area contributed by atoms with Gasteiger partial charge in [0.2, 0.25) is 0 Å². The molecule has 0 aromatic carbocycles. The summed E-state index contributed by atoms with van der Waals surface area (Å²) >= 11 is 0. The Balaban J connectivity index is 2.38. The van der Waals surface area contributed by atoms with Crippen LogP contribution in [-0.4, -0.2) is 40.1 Å². The Labute approximate surface area is 92.3 Å². The highest BCUT2D eigenvalue weighted by Gasteiger charge is 2.13. The van der Waals surface area contributed by atoms with Crippen LogP contribution in [0.25, 0.3) is 0 Å². The molecule has 0 fully saturated rings. The van der Waals surface area contributed by atoms with Gasteiger partial charge in [-0.3, -0.25) is 4.79 Å². The Morgan fingerprint density at radius 1 is 1.38 bits per heavy atom. The quantitative estimate of drug-likeness (QED) is 0.520. The van der Waals surface area contributed by atoms with Crippen LogP contribution in [0, 0.1) is 0 Å². The van der Waals surface area contributed by atoms with Gasteiger partial charge in [-0.05, 0) is 6.92 Å². The zero-order chi connectivity index (χ0) is 12.0. The smallest absolute Gasteiger partial charge is 0.358 e. The highest BCUT2D eigenvalue weighted by atomic mass is 16.6. The van der Waals surface area contributed by atoms with E-state index in [1.807, 2.05) is 6.92 Å². The number of rotatable bonds is 5. The fourth-order valence-corrected chi connectivity index (χ4v) is 1.04. The maximum atomic E-state index is 11.5. The number of aryl methyl sites for hydroxylation is 1. The topological polar surface area (TPSA) is 83.3 Å². The molecule has 0 atom stereocenters. The van der Waals surface area contributed by atoms with Gasteiger partial charge in [0.1, 0.15) is 13.2 Å². The Hall–Kier alpha value is -1.92. The minimum absolute atomic E-state index is 0.0211.